The van der Waals surface area contributed by atoms with Crippen molar-refractivity contribution >= 4 is 74.9 Å². The first-order chi connectivity index (χ1) is 39.9. The molecule has 0 aromatic heterocycles. The predicted octanol–water partition coefficient (Wildman–Crippen LogP) is 3.00. The summed E-state index contributed by atoms with van der Waals surface area (Å²) in [7, 11) is -4.33. The van der Waals surface area contributed by atoms with Crippen LogP contribution in [-0.2, 0) is 80.4 Å². The summed E-state index contributed by atoms with van der Waals surface area (Å²) in [5, 5.41) is 13.3. The Labute approximate surface area is 517 Å². The van der Waals surface area contributed by atoms with E-state index < -0.39 is 147 Å². The van der Waals surface area contributed by atoms with E-state index in [1.54, 1.807) is 113 Å². The molecule has 3 rings (SSSR count). The van der Waals surface area contributed by atoms with Crippen molar-refractivity contribution in [3.63, 3.8) is 0 Å². The van der Waals surface area contributed by atoms with E-state index in [1.165, 1.54) is 20.8 Å². The molecule has 488 valence electrons. The van der Waals surface area contributed by atoms with Gasteiger partial charge in [-0.25, -0.2) is 17.9 Å². The molecule has 27 heteroatoms. The number of rotatable bonds is 31. The molecule has 1 aliphatic rings. The van der Waals surface area contributed by atoms with Crippen molar-refractivity contribution in [2.75, 3.05) is 18.1 Å². The number of Topliss-reactive ketones (excluding diaryl/α,β-unsaturated/α-hetero) is 1. The summed E-state index contributed by atoms with van der Waals surface area (Å²) in [5.41, 5.74) is 17.6. The Morgan fingerprint density at radius 2 is 1.16 bits per heavy atom. The number of carbonyl (C=O) groups is 8. The maximum Gasteiger partial charge on any atom is 0.329 e. The van der Waals surface area contributed by atoms with Gasteiger partial charge in [-0.05, 0) is 154 Å². The van der Waals surface area contributed by atoms with Crippen molar-refractivity contribution in [3.8, 4) is 5.75 Å². The molecule has 0 fully saturated rings. The van der Waals surface area contributed by atoms with Crippen LogP contribution in [0.3, 0.4) is 0 Å². The Morgan fingerprint density at radius 3 is 1.63 bits per heavy atom. The second-order valence-electron chi connectivity index (χ2n) is 25.5. The number of primary amides is 1. The lowest BCUT2D eigenvalue weighted by molar-refractivity contribution is -0.150. The van der Waals surface area contributed by atoms with Gasteiger partial charge in [-0.15, -0.1) is 11.8 Å². The third-order valence-electron chi connectivity index (χ3n) is 13.3. The third-order valence-corrected chi connectivity index (χ3v) is 16.0. The maximum absolute atomic E-state index is 15.0. The average Bonchev–Trinajstić information content (AvgIpc) is 1.70. The van der Waals surface area contributed by atoms with Crippen LogP contribution < -0.4 is 53.2 Å². The second-order valence-corrected chi connectivity index (χ2v) is 28.2. The van der Waals surface area contributed by atoms with Gasteiger partial charge < -0.3 is 67.5 Å². The van der Waals surface area contributed by atoms with E-state index in [-0.39, 0.29) is 42.4 Å². The summed E-state index contributed by atoms with van der Waals surface area (Å²) < 4.78 is 60.6. The van der Waals surface area contributed by atoms with Crippen LogP contribution in [0.4, 0.5) is 0 Å². The van der Waals surface area contributed by atoms with Crippen LogP contribution in [0.5, 0.6) is 5.75 Å². The predicted molar refractivity (Wildman–Crippen MR) is 332 cm³/mol. The molecule has 0 saturated heterocycles. The minimum Gasteiger partial charge on any atom is -0.487 e. The largest absolute Gasteiger partial charge is 0.487 e. The van der Waals surface area contributed by atoms with E-state index in [0.717, 1.165) is 22.9 Å². The first-order valence-electron chi connectivity index (χ1n) is 28.9. The molecule has 1 aliphatic heterocycles. The van der Waals surface area contributed by atoms with E-state index >= 15 is 0 Å². The fourth-order valence-electron chi connectivity index (χ4n) is 9.67. The van der Waals surface area contributed by atoms with Gasteiger partial charge in [-0.1, -0.05) is 30.3 Å². The molecule has 0 spiro atoms. The third kappa shape index (κ3) is 24.6. The molecule has 12 N–H and O–H groups in total. The molecule has 0 bridgehead atoms. The normalized spacial score (nSPS) is 16.6. The highest BCUT2D eigenvalue weighted by Crippen LogP contribution is 2.44. The minimum absolute atomic E-state index is 0.0170. The molecular weight excluding hydrogens is 1160 g/mol. The van der Waals surface area contributed by atoms with Gasteiger partial charge in [0.1, 0.15) is 53.9 Å². The van der Waals surface area contributed by atoms with E-state index in [4.69, 9.17) is 40.9 Å². The lowest BCUT2D eigenvalue weighted by atomic mass is 9.93. The fourth-order valence-corrected chi connectivity index (χ4v) is 11.9. The van der Waals surface area contributed by atoms with Gasteiger partial charge >= 0.3 is 5.97 Å². The highest BCUT2D eigenvalue weighted by atomic mass is 32.2. The van der Waals surface area contributed by atoms with Gasteiger partial charge in [0.05, 0.1) is 51.8 Å². The number of fused-ring (bicyclic) bond motifs is 1. The molecule has 2 aromatic rings. The number of nitrogens with zero attached hydrogens (tertiary/aromatic N) is 1. The lowest BCUT2D eigenvalue weighted by Crippen LogP contribution is -2.65. The second kappa shape index (κ2) is 31.7. The number of ketones is 1. The number of hydrogen-bond acceptors (Lipinski definition) is 18. The Balaban J connectivity index is 2.09. The van der Waals surface area contributed by atoms with Gasteiger partial charge in [0.15, 0.2) is 0 Å². The summed E-state index contributed by atoms with van der Waals surface area (Å²) in [4.78, 5) is 114. The summed E-state index contributed by atoms with van der Waals surface area (Å²) in [6.45, 7) is 29.9. The standard InChI is InChI=1S/C60H96N10O15S2/c1-32(71)27-43(55(78)81-29-39-23-20-19-21-24-39)66-51(74)42(25-22-26-64-56(63)70-87(79,80)49-34(3)33(2)40-28-60(17,18)85-48(40)35(49)4)65-52(75)45(36(5)82-57(8,9)10)68-54(77)47(38(7)84-59(14,15)16)69-53(76)46(37(6)83-58(11,12)13)67-50(73)41(61)30-86-31-44(62)72/h19-21,23-24,36-38,41-43,45-47H,22,25-31,61H2,1-18H3,(H2,62,72)(H,65,75)(H,66,74)(H,67,73)(H,68,77)(H,69,76)(H3,63,64,70)/t36-,37-,38-,41+,42+,43+,45+,46+,47+/m1/s1. The number of carbonyl (C=O) groups excluding carboxylic acids is 8. The molecule has 25 nitrogen and oxygen atoms in total. The van der Waals surface area contributed by atoms with Gasteiger partial charge in [-0.3, -0.25) is 38.6 Å². The molecule has 0 saturated carbocycles. The number of esters is 1. The smallest absolute Gasteiger partial charge is 0.329 e. The number of nitrogens with one attached hydrogen (secondary N) is 6. The highest BCUT2D eigenvalue weighted by Gasteiger charge is 2.42. The molecule has 0 aliphatic carbocycles. The van der Waals surface area contributed by atoms with Crippen molar-refractivity contribution in [2.24, 2.45) is 22.2 Å². The van der Waals surface area contributed by atoms with Crippen LogP contribution >= 0.6 is 11.8 Å². The number of amides is 6. The summed E-state index contributed by atoms with van der Waals surface area (Å²) in [5.74, 6) is -6.76. The van der Waals surface area contributed by atoms with Crippen LogP contribution in [0.25, 0.3) is 0 Å². The monoisotopic (exact) mass is 1260 g/mol. The van der Waals surface area contributed by atoms with Crippen LogP contribution in [0.2, 0.25) is 0 Å². The van der Waals surface area contributed by atoms with Crippen LogP contribution in [0, 0.1) is 20.8 Å². The van der Waals surface area contributed by atoms with Crippen molar-refractivity contribution in [2.45, 2.75) is 239 Å². The van der Waals surface area contributed by atoms with E-state index in [9.17, 15) is 46.8 Å². The fraction of sp³-hybridized carbons (Fsp3) is 0.650. The highest BCUT2D eigenvalue weighted by molar-refractivity contribution is 8.00. The lowest BCUT2D eigenvalue weighted by Gasteiger charge is -2.36. The SMILES string of the molecule is CC(=O)C[C@H](NC(=O)[C@H](CCCN=C(N)NS(=O)(=O)c1c(C)c(C)c2c(c1C)OC(C)(C)C2)NC(=O)[C@@H](NC(=O)[C@@H](NC(=O)[C@@H](NC(=O)[C@@H](N)CSCC(N)=O)[C@@H](C)OC(C)(C)C)[C@@H](C)OC(C)(C)C)[C@@H](C)OC(C)(C)C)C(=O)OCc1ccccc1. The van der Waals surface area contributed by atoms with Crippen molar-refractivity contribution < 1.29 is 70.5 Å². The van der Waals surface area contributed by atoms with Crippen molar-refractivity contribution in [1.29, 1.82) is 0 Å². The van der Waals surface area contributed by atoms with Crippen LogP contribution in [-0.4, -0.2) is 157 Å². The van der Waals surface area contributed by atoms with Gasteiger partial charge in [-0.2, -0.15) is 0 Å². The van der Waals surface area contributed by atoms with E-state index in [1.807, 2.05) is 20.8 Å². The van der Waals surface area contributed by atoms with E-state index in [2.05, 4.69) is 36.3 Å². The zero-order valence-corrected chi connectivity index (χ0v) is 55.5. The molecule has 87 heavy (non-hydrogen) atoms. The molecule has 1 heterocycles. The number of nitrogens with two attached hydrogens (primary N) is 3. The molecule has 9 atom stereocenters. The zero-order chi connectivity index (χ0) is 66.3. The maximum atomic E-state index is 15.0. The topological polar surface area (TPSA) is 379 Å². The molecule has 0 unspecified atom stereocenters. The summed E-state index contributed by atoms with van der Waals surface area (Å²) >= 11 is 1.02. The summed E-state index contributed by atoms with van der Waals surface area (Å²) in [6, 6.07) is -0.337. The number of thioether (sulfide) groups is 1. The molecule has 0 radical (unpaired) electrons. The van der Waals surface area contributed by atoms with Crippen LogP contribution in [0.15, 0.2) is 40.2 Å². The molecule has 2 aromatic carbocycles. The molecule has 6 amide bonds. The van der Waals surface area contributed by atoms with Gasteiger partial charge in [0.25, 0.3) is 10.0 Å². The minimum atomic E-state index is -4.33. The Bertz CT molecular complexity index is 2920. The van der Waals surface area contributed by atoms with Gasteiger partial charge in [0.2, 0.25) is 41.4 Å². The Kier molecular flexibility index (Phi) is 27.3. The first kappa shape index (κ1) is 74.9. The number of hydrogen-bond donors (Lipinski definition) is 9. The average molecular weight is 1260 g/mol. The summed E-state index contributed by atoms with van der Waals surface area (Å²) in [6.07, 6.45) is -3.55. The molecular formula is C60H96N10O15S2. The quantitative estimate of drug-likeness (QED) is 0.0227. The number of aliphatic imine (C=N–C) groups is 1. The number of guanidine groups is 1. The van der Waals surface area contributed by atoms with Crippen molar-refractivity contribution in [1.82, 2.24) is 31.3 Å². The van der Waals surface area contributed by atoms with Crippen molar-refractivity contribution in [3.05, 3.63) is 58.1 Å². The zero-order valence-electron chi connectivity index (χ0n) is 53.9. The number of benzene rings is 2. The first-order valence-corrected chi connectivity index (χ1v) is 31.6. The number of sulfonamides is 1. The van der Waals surface area contributed by atoms with Crippen LogP contribution in [0.1, 0.15) is 151 Å². The number of ether oxygens (including phenoxy) is 5. The van der Waals surface area contributed by atoms with Gasteiger partial charge in [0, 0.05) is 36.3 Å². The van der Waals surface area contributed by atoms with E-state index in [0.29, 0.717) is 28.9 Å². The Hall–Kier alpha value is -6.39. The Morgan fingerprint density at radius 1 is 0.690 bits per heavy atom.